The Hall–Kier alpha value is -4.69. The van der Waals surface area contributed by atoms with Crippen molar-refractivity contribution < 1.29 is 30.4 Å². The summed E-state index contributed by atoms with van der Waals surface area (Å²) >= 11 is 0. The minimum atomic E-state index is -4.33. The highest BCUT2D eigenvalue weighted by atomic mass is 32.2. The number of fused-ring (bicyclic) bond motifs is 1. The van der Waals surface area contributed by atoms with Crippen molar-refractivity contribution in [3.63, 3.8) is 0 Å². The number of nitrogens with one attached hydrogen (secondary N) is 1. The third-order valence-electron chi connectivity index (χ3n) is 5.70. The van der Waals surface area contributed by atoms with Crippen LogP contribution >= 0.6 is 0 Å². The third kappa shape index (κ3) is 4.82. The summed E-state index contributed by atoms with van der Waals surface area (Å²) in [5.41, 5.74) is 5.68. The molecule has 0 bridgehead atoms. The highest BCUT2D eigenvalue weighted by molar-refractivity contribution is 7.92. The number of nitrogens with two attached hydrogens (primary N) is 1. The van der Waals surface area contributed by atoms with Crippen LogP contribution in [-0.4, -0.2) is 36.6 Å². The van der Waals surface area contributed by atoms with E-state index < -0.39 is 37.5 Å². The average Bonchev–Trinajstić information content (AvgIpc) is 3.31. The van der Waals surface area contributed by atoms with Crippen molar-refractivity contribution >= 4 is 48.4 Å². The van der Waals surface area contributed by atoms with Crippen molar-refractivity contribution in [3.05, 3.63) is 108 Å². The predicted octanol–water partition coefficient (Wildman–Crippen LogP) is 3.56. The molecule has 0 fully saturated rings. The third-order valence-corrected chi connectivity index (χ3v) is 8.76. The van der Waals surface area contributed by atoms with Gasteiger partial charge in [0.2, 0.25) is 0 Å². The van der Waals surface area contributed by atoms with Gasteiger partial charge in [-0.05, 0) is 60.7 Å². The van der Waals surface area contributed by atoms with E-state index in [0.29, 0.717) is 0 Å². The van der Waals surface area contributed by atoms with Gasteiger partial charge in [-0.2, -0.15) is 0 Å². The molecule has 0 atom stereocenters. The monoisotopic (exact) mass is 569 g/mol. The molecular weight excluding hydrogens is 552 g/mol. The smallest absolute Gasteiger partial charge is 0.269 e. The molecule has 2 aromatic heterocycles. The number of aromatic nitrogens is 3. The summed E-state index contributed by atoms with van der Waals surface area (Å²) in [6.45, 7) is 0. The number of ketones is 1. The molecule has 198 valence electrons. The molecule has 10 nitrogen and oxygen atoms in total. The zero-order valence-corrected chi connectivity index (χ0v) is 21.2. The minimum absolute atomic E-state index is 0.00390. The molecule has 0 saturated heterocycles. The molecule has 14 heteroatoms. The Morgan fingerprint density at radius 1 is 0.846 bits per heavy atom. The zero-order valence-electron chi connectivity index (χ0n) is 19.6. The molecule has 0 unspecified atom stereocenters. The summed E-state index contributed by atoms with van der Waals surface area (Å²) in [4.78, 5) is 21.0. The minimum Gasteiger partial charge on any atom is -0.383 e. The van der Waals surface area contributed by atoms with Crippen molar-refractivity contribution in [1.82, 2.24) is 13.9 Å². The number of anilines is 2. The maximum absolute atomic E-state index is 13.6. The number of rotatable bonds is 7. The van der Waals surface area contributed by atoms with E-state index in [1.54, 1.807) is 0 Å². The van der Waals surface area contributed by atoms with Crippen LogP contribution in [0.25, 0.3) is 11.0 Å². The Kier molecular flexibility index (Phi) is 6.36. The van der Waals surface area contributed by atoms with Gasteiger partial charge in [0.05, 0.1) is 20.7 Å². The van der Waals surface area contributed by atoms with Gasteiger partial charge in [0, 0.05) is 17.4 Å². The van der Waals surface area contributed by atoms with Crippen LogP contribution in [-0.2, 0) is 20.0 Å². The standard InChI is InChI=1S/C25H17F2N5O5S2/c26-16-4-8-19(9-5-16)38(34,35)31-18-3-1-2-15(12-18)23(33)21-13-32(25-22(21)24(28)29-14-30-25)39(36,37)20-10-6-17(27)7-11-20/h1-14,31H,(H2,28,29,30). The number of hydrogen-bond donors (Lipinski definition) is 2. The molecule has 0 aliphatic rings. The average molecular weight is 570 g/mol. The van der Waals surface area contributed by atoms with Crippen LogP contribution in [0.3, 0.4) is 0 Å². The van der Waals surface area contributed by atoms with E-state index in [9.17, 15) is 30.4 Å². The van der Waals surface area contributed by atoms with Crippen molar-refractivity contribution in [1.29, 1.82) is 0 Å². The lowest BCUT2D eigenvalue weighted by Gasteiger charge is -2.09. The number of nitrogens with zero attached hydrogens (tertiary/aromatic N) is 3. The topological polar surface area (TPSA) is 154 Å². The first-order chi connectivity index (χ1) is 18.5. The molecule has 0 aliphatic heterocycles. The van der Waals surface area contributed by atoms with Gasteiger partial charge in [-0.3, -0.25) is 9.52 Å². The largest absolute Gasteiger partial charge is 0.383 e. The highest BCUT2D eigenvalue weighted by Crippen LogP contribution is 2.30. The van der Waals surface area contributed by atoms with E-state index in [0.717, 1.165) is 65.0 Å². The molecule has 3 N–H and O–H groups in total. The Morgan fingerprint density at radius 3 is 2.10 bits per heavy atom. The number of hydrogen-bond acceptors (Lipinski definition) is 8. The van der Waals surface area contributed by atoms with Crippen molar-refractivity contribution in [2.75, 3.05) is 10.5 Å². The summed E-state index contributed by atoms with van der Waals surface area (Å²) in [5.74, 6) is -2.10. The Labute approximate surface area is 220 Å². The van der Waals surface area contributed by atoms with Crippen molar-refractivity contribution in [2.45, 2.75) is 9.79 Å². The SMILES string of the molecule is Nc1ncnc2c1c(C(=O)c1cccc(NS(=O)(=O)c3ccc(F)cc3)c1)cn2S(=O)(=O)c1ccc(F)cc1. The van der Waals surface area contributed by atoms with Crippen LogP contribution in [0.4, 0.5) is 20.3 Å². The van der Waals surface area contributed by atoms with Crippen LogP contribution < -0.4 is 10.5 Å². The van der Waals surface area contributed by atoms with E-state index in [1.165, 1.54) is 24.3 Å². The second-order valence-corrected chi connectivity index (χ2v) is 11.7. The molecule has 2 heterocycles. The molecule has 5 rings (SSSR count). The first kappa shape index (κ1) is 25.9. The van der Waals surface area contributed by atoms with Crippen LogP contribution in [0.2, 0.25) is 0 Å². The molecule has 39 heavy (non-hydrogen) atoms. The molecule has 3 aromatic carbocycles. The summed E-state index contributed by atoms with van der Waals surface area (Å²) in [7, 11) is -8.43. The summed E-state index contributed by atoms with van der Waals surface area (Å²) in [6, 6.07) is 13.7. The number of sulfonamides is 1. The van der Waals surface area contributed by atoms with Gasteiger partial charge >= 0.3 is 0 Å². The Bertz CT molecular complexity index is 1960. The molecule has 0 radical (unpaired) electrons. The maximum Gasteiger partial charge on any atom is 0.269 e. The number of benzene rings is 3. The van der Waals surface area contributed by atoms with Gasteiger partial charge in [0.15, 0.2) is 11.4 Å². The van der Waals surface area contributed by atoms with Gasteiger partial charge in [0.1, 0.15) is 23.8 Å². The molecule has 5 aromatic rings. The van der Waals surface area contributed by atoms with E-state index >= 15 is 0 Å². The summed E-state index contributed by atoms with van der Waals surface area (Å²) in [5, 5.41) is -0.0366. The number of carbonyl (C=O) groups excluding carboxylic acids is 1. The van der Waals surface area contributed by atoms with Gasteiger partial charge in [0.25, 0.3) is 20.0 Å². The van der Waals surface area contributed by atoms with E-state index in [-0.39, 0.29) is 43.5 Å². The Morgan fingerprint density at radius 2 is 1.46 bits per heavy atom. The molecule has 0 saturated carbocycles. The first-order valence-electron chi connectivity index (χ1n) is 11.0. The molecular formula is C25H17F2N5O5S2. The Balaban J connectivity index is 1.57. The number of halogens is 2. The number of carbonyl (C=O) groups is 1. The van der Waals surface area contributed by atoms with Crippen molar-refractivity contribution in [3.8, 4) is 0 Å². The second kappa shape index (κ2) is 9.56. The van der Waals surface area contributed by atoms with Gasteiger partial charge in [-0.1, -0.05) is 12.1 Å². The zero-order chi connectivity index (χ0) is 27.9. The van der Waals surface area contributed by atoms with Crippen LogP contribution in [0.15, 0.2) is 95.1 Å². The second-order valence-electron chi connectivity index (χ2n) is 8.22. The quantitative estimate of drug-likeness (QED) is 0.282. The lowest BCUT2D eigenvalue weighted by Crippen LogP contribution is -2.13. The van der Waals surface area contributed by atoms with E-state index in [4.69, 9.17) is 5.73 Å². The normalized spacial score (nSPS) is 11.9. The molecule has 0 amide bonds. The lowest BCUT2D eigenvalue weighted by atomic mass is 10.0. The van der Waals surface area contributed by atoms with E-state index in [2.05, 4.69) is 14.7 Å². The van der Waals surface area contributed by atoms with Gasteiger partial charge in [-0.15, -0.1) is 0 Å². The summed E-state index contributed by atoms with van der Waals surface area (Å²) < 4.78 is 81.8. The van der Waals surface area contributed by atoms with Crippen LogP contribution in [0, 0.1) is 11.6 Å². The highest BCUT2D eigenvalue weighted by Gasteiger charge is 2.27. The fraction of sp³-hybridized carbons (Fsp3) is 0. The van der Waals surface area contributed by atoms with Gasteiger partial charge in [-0.25, -0.2) is 39.6 Å². The maximum atomic E-state index is 13.6. The molecule has 0 aliphatic carbocycles. The van der Waals surface area contributed by atoms with Gasteiger partial charge < -0.3 is 5.73 Å². The lowest BCUT2D eigenvalue weighted by molar-refractivity contribution is 0.104. The van der Waals surface area contributed by atoms with Crippen LogP contribution in [0.1, 0.15) is 15.9 Å². The molecule has 0 spiro atoms. The first-order valence-corrected chi connectivity index (χ1v) is 14.0. The summed E-state index contributed by atoms with van der Waals surface area (Å²) in [6.07, 6.45) is 2.07. The van der Waals surface area contributed by atoms with Crippen LogP contribution in [0.5, 0.6) is 0 Å². The van der Waals surface area contributed by atoms with Crippen molar-refractivity contribution in [2.24, 2.45) is 0 Å². The fourth-order valence-corrected chi connectivity index (χ4v) is 6.21. The number of nitrogen functional groups attached to an aromatic ring is 1. The fourth-order valence-electron chi connectivity index (χ4n) is 3.84. The van der Waals surface area contributed by atoms with E-state index in [1.807, 2.05) is 0 Å². The predicted molar refractivity (Wildman–Crippen MR) is 138 cm³/mol.